The number of fused-ring (bicyclic) bond motifs is 3. The van der Waals surface area contributed by atoms with E-state index in [-0.39, 0.29) is 31.4 Å². The first-order valence-electron chi connectivity index (χ1n) is 11.4. The van der Waals surface area contributed by atoms with Crippen molar-refractivity contribution in [2.75, 3.05) is 13.2 Å². The molecule has 0 radical (unpaired) electrons. The van der Waals surface area contributed by atoms with E-state index in [0.29, 0.717) is 5.69 Å². The molecule has 0 spiro atoms. The third-order valence-electron chi connectivity index (χ3n) is 6.17. The largest absolute Gasteiger partial charge is 0.481 e. The Kier molecular flexibility index (Phi) is 7.14. The molecule has 2 atom stereocenters. The van der Waals surface area contributed by atoms with Gasteiger partial charge in [0.05, 0.1) is 5.69 Å². The van der Waals surface area contributed by atoms with Crippen LogP contribution >= 0.6 is 0 Å². The van der Waals surface area contributed by atoms with Crippen LogP contribution in [0.2, 0.25) is 0 Å². The quantitative estimate of drug-likeness (QED) is 0.436. The molecule has 0 saturated heterocycles. The summed E-state index contributed by atoms with van der Waals surface area (Å²) < 4.78 is 7.09. The van der Waals surface area contributed by atoms with Crippen molar-refractivity contribution in [1.29, 1.82) is 0 Å². The van der Waals surface area contributed by atoms with E-state index in [9.17, 15) is 14.4 Å². The van der Waals surface area contributed by atoms with E-state index >= 15 is 0 Å². The molecule has 1 aliphatic carbocycles. The first-order valence-corrected chi connectivity index (χ1v) is 11.4. The van der Waals surface area contributed by atoms with Gasteiger partial charge in [0.15, 0.2) is 6.04 Å². The fraction of sp³-hybridized carbons (Fsp3) is 0.308. The zero-order valence-corrected chi connectivity index (χ0v) is 19.6. The smallest absolute Gasteiger partial charge is 0.408 e. The highest BCUT2D eigenvalue weighted by molar-refractivity contribution is 5.86. The fourth-order valence-corrected chi connectivity index (χ4v) is 4.45. The maximum atomic E-state index is 12.9. The number of nitrogens with one attached hydrogen (secondary N) is 2. The molecule has 3 aromatic rings. The van der Waals surface area contributed by atoms with Crippen LogP contribution in [0.4, 0.5) is 4.79 Å². The molecule has 1 heterocycles. The number of nitrogens with zero attached hydrogens (tertiary/aromatic N) is 2. The van der Waals surface area contributed by atoms with Gasteiger partial charge in [-0.05, 0) is 34.2 Å². The Labute approximate surface area is 203 Å². The van der Waals surface area contributed by atoms with Crippen molar-refractivity contribution in [3.63, 3.8) is 0 Å². The van der Waals surface area contributed by atoms with Crippen LogP contribution in [0.1, 0.15) is 42.1 Å². The standard InChI is InChI=1S/C26H28N4O5/c1-16(13-23(31)32)14-27-25(33)24(22-11-12-28-30(22)2)29-26(34)35-15-21-19-9-5-3-7-17(19)18-8-4-6-10-20(18)21/h3-12,16,21,24H,13-15H2,1-2H3,(H,27,33)(H,29,34)(H,31,32). The average Bonchev–Trinajstić information content (AvgIpc) is 3.40. The molecule has 0 bridgehead atoms. The number of aliphatic carboxylic acids is 1. The Hall–Kier alpha value is -4.14. The van der Waals surface area contributed by atoms with E-state index in [1.54, 1.807) is 20.0 Å². The number of hydrogen-bond acceptors (Lipinski definition) is 5. The maximum Gasteiger partial charge on any atom is 0.408 e. The highest BCUT2D eigenvalue weighted by Crippen LogP contribution is 2.44. The van der Waals surface area contributed by atoms with Crippen LogP contribution in [0, 0.1) is 5.92 Å². The van der Waals surface area contributed by atoms with Crippen LogP contribution in [0.3, 0.4) is 0 Å². The normalized spacial score (nSPS) is 13.9. The van der Waals surface area contributed by atoms with Gasteiger partial charge < -0.3 is 20.5 Å². The van der Waals surface area contributed by atoms with Crippen molar-refractivity contribution in [3.8, 4) is 11.1 Å². The lowest BCUT2D eigenvalue weighted by atomic mass is 9.98. The number of alkyl carbamates (subject to hydrolysis) is 1. The van der Waals surface area contributed by atoms with Crippen molar-refractivity contribution in [1.82, 2.24) is 20.4 Å². The van der Waals surface area contributed by atoms with Gasteiger partial charge in [0, 0.05) is 32.1 Å². The summed E-state index contributed by atoms with van der Waals surface area (Å²) >= 11 is 0. The summed E-state index contributed by atoms with van der Waals surface area (Å²) in [6.07, 6.45) is 0.727. The second-order valence-corrected chi connectivity index (χ2v) is 8.73. The molecule has 0 aliphatic heterocycles. The molecule has 35 heavy (non-hydrogen) atoms. The molecule has 2 aromatic carbocycles. The first-order chi connectivity index (χ1) is 16.8. The monoisotopic (exact) mass is 476 g/mol. The minimum Gasteiger partial charge on any atom is -0.481 e. The second kappa shape index (κ2) is 10.4. The maximum absolute atomic E-state index is 12.9. The van der Waals surface area contributed by atoms with Gasteiger partial charge in [0.1, 0.15) is 6.61 Å². The summed E-state index contributed by atoms with van der Waals surface area (Å²) in [7, 11) is 1.67. The van der Waals surface area contributed by atoms with Crippen molar-refractivity contribution in [2.45, 2.75) is 25.3 Å². The van der Waals surface area contributed by atoms with Crippen LogP contribution in [0.25, 0.3) is 11.1 Å². The average molecular weight is 477 g/mol. The Morgan fingerprint density at radius 3 is 2.26 bits per heavy atom. The summed E-state index contributed by atoms with van der Waals surface area (Å²) in [5, 5.41) is 18.4. The third-order valence-corrected chi connectivity index (χ3v) is 6.17. The highest BCUT2D eigenvalue weighted by atomic mass is 16.5. The molecule has 4 rings (SSSR count). The minimum atomic E-state index is -1.05. The molecule has 9 nitrogen and oxygen atoms in total. The molecular formula is C26H28N4O5. The number of carbonyl (C=O) groups is 3. The molecular weight excluding hydrogens is 448 g/mol. The van der Waals surface area contributed by atoms with Crippen molar-refractivity contribution in [3.05, 3.63) is 77.6 Å². The molecule has 9 heteroatoms. The van der Waals surface area contributed by atoms with E-state index in [4.69, 9.17) is 9.84 Å². The van der Waals surface area contributed by atoms with Gasteiger partial charge in [-0.25, -0.2) is 4.79 Å². The summed E-state index contributed by atoms with van der Waals surface area (Å²) in [5.74, 6) is -1.78. The second-order valence-electron chi connectivity index (χ2n) is 8.73. The van der Waals surface area contributed by atoms with Gasteiger partial charge in [-0.1, -0.05) is 55.5 Å². The number of aromatic nitrogens is 2. The fourth-order valence-electron chi connectivity index (χ4n) is 4.45. The van der Waals surface area contributed by atoms with Gasteiger partial charge in [-0.15, -0.1) is 0 Å². The molecule has 182 valence electrons. The lowest BCUT2D eigenvalue weighted by Gasteiger charge is -2.21. The molecule has 0 saturated carbocycles. The lowest BCUT2D eigenvalue weighted by molar-refractivity contribution is -0.138. The Morgan fingerprint density at radius 1 is 1.06 bits per heavy atom. The van der Waals surface area contributed by atoms with Crippen molar-refractivity contribution >= 4 is 18.0 Å². The zero-order chi connectivity index (χ0) is 24.9. The molecule has 2 amide bonds. The van der Waals surface area contributed by atoms with Gasteiger partial charge in [-0.3, -0.25) is 14.3 Å². The summed E-state index contributed by atoms with van der Waals surface area (Å²) in [6, 6.07) is 16.7. The Bertz CT molecular complexity index is 1190. The van der Waals surface area contributed by atoms with Crippen LogP contribution in [0.15, 0.2) is 60.8 Å². The van der Waals surface area contributed by atoms with Gasteiger partial charge in [0.25, 0.3) is 0 Å². The number of carboxylic acid groups (broad SMARTS) is 1. The van der Waals surface area contributed by atoms with Crippen LogP contribution in [0.5, 0.6) is 0 Å². The predicted octanol–water partition coefficient (Wildman–Crippen LogP) is 3.23. The number of aryl methyl sites for hydroxylation is 1. The van der Waals surface area contributed by atoms with E-state index in [2.05, 4.69) is 27.9 Å². The zero-order valence-electron chi connectivity index (χ0n) is 19.6. The molecule has 1 aromatic heterocycles. The Morgan fingerprint density at radius 2 is 1.69 bits per heavy atom. The SMILES string of the molecule is CC(CNC(=O)C(NC(=O)OCC1c2ccccc2-c2ccccc21)c1ccnn1C)CC(=O)O. The third kappa shape index (κ3) is 5.34. The van der Waals surface area contributed by atoms with Gasteiger partial charge in [0.2, 0.25) is 5.91 Å². The number of ether oxygens (including phenoxy) is 1. The summed E-state index contributed by atoms with van der Waals surface area (Å²) in [6.45, 7) is 2.01. The summed E-state index contributed by atoms with van der Waals surface area (Å²) in [4.78, 5) is 36.6. The molecule has 0 fully saturated rings. The van der Waals surface area contributed by atoms with Crippen molar-refractivity contribution in [2.24, 2.45) is 13.0 Å². The number of rotatable bonds is 9. The van der Waals surface area contributed by atoms with Gasteiger partial charge in [-0.2, -0.15) is 5.10 Å². The first kappa shape index (κ1) is 24.0. The molecule has 3 N–H and O–H groups in total. The van der Waals surface area contributed by atoms with Crippen LogP contribution in [-0.4, -0.2) is 46.0 Å². The van der Waals surface area contributed by atoms with Crippen LogP contribution < -0.4 is 10.6 Å². The lowest BCUT2D eigenvalue weighted by Crippen LogP contribution is -2.43. The van der Waals surface area contributed by atoms with Gasteiger partial charge >= 0.3 is 12.1 Å². The van der Waals surface area contributed by atoms with Crippen molar-refractivity contribution < 1.29 is 24.2 Å². The summed E-state index contributed by atoms with van der Waals surface area (Å²) in [5.41, 5.74) is 4.91. The number of carboxylic acids is 1. The number of hydrogen-bond donors (Lipinski definition) is 3. The molecule has 2 unspecified atom stereocenters. The predicted molar refractivity (Wildman–Crippen MR) is 129 cm³/mol. The van der Waals surface area contributed by atoms with Crippen LogP contribution in [-0.2, 0) is 21.4 Å². The number of carbonyl (C=O) groups excluding carboxylic acids is 2. The van der Waals surface area contributed by atoms with E-state index in [1.165, 1.54) is 10.9 Å². The Balaban J connectivity index is 1.44. The topological polar surface area (TPSA) is 123 Å². The van der Waals surface area contributed by atoms with E-state index in [1.807, 2.05) is 36.4 Å². The minimum absolute atomic E-state index is 0.0730. The van der Waals surface area contributed by atoms with E-state index in [0.717, 1.165) is 22.3 Å². The van der Waals surface area contributed by atoms with E-state index < -0.39 is 24.0 Å². The molecule has 1 aliphatic rings. The number of amides is 2. The number of benzene rings is 2. The highest BCUT2D eigenvalue weighted by Gasteiger charge is 2.31.